The van der Waals surface area contributed by atoms with Gasteiger partial charge in [-0.3, -0.25) is 9.78 Å². The Hall–Kier alpha value is -2.66. The van der Waals surface area contributed by atoms with Crippen LogP contribution in [-0.4, -0.2) is 10.9 Å². The molecule has 3 aromatic rings. The Bertz CT molecular complexity index is 867. The summed E-state index contributed by atoms with van der Waals surface area (Å²) in [4.78, 5) is 17.4. The Kier molecular flexibility index (Phi) is 5.46. The smallest absolute Gasteiger partial charge is 0.255 e. The van der Waals surface area contributed by atoms with Gasteiger partial charge in [-0.05, 0) is 60.5 Å². The van der Waals surface area contributed by atoms with Crippen LogP contribution in [0.5, 0.6) is 0 Å². The quantitative estimate of drug-likeness (QED) is 0.652. The van der Waals surface area contributed by atoms with Gasteiger partial charge in [-0.15, -0.1) is 11.8 Å². The van der Waals surface area contributed by atoms with Gasteiger partial charge in [-0.25, -0.2) is 4.39 Å². The highest BCUT2D eigenvalue weighted by molar-refractivity contribution is 7.98. The number of pyridine rings is 1. The second-order valence-electron chi connectivity index (χ2n) is 5.61. The maximum absolute atomic E-state index is 13.7. The molecule has 25 heavy (non-hydrogen) atoms. The van der Waals surface area contributed by atoms with E-state index < -0.39 is 5.82 Å². The first-order valence-electron chi connectivity index (χ1n) is 7.81. The van der Waals surface area contributed by atoms with Gasteiger partial charge in [-0.2, -0.15) is 0 Å². The number of benzene rings is 2. The summed E-state index contributed by atoms with van der Waals surface area (Å²) in [6.45, 7) is 1.85. The number of hydrogen-bond acceptors (Lipinski definition) is 3. The predicted octanol–water partition coefficient (Wildman–Crippen LogP) is 5.07. The third kappa shape index (κ3) is 4.67. The normalized spacial score (nSPS) is 10.5. The predicted molar refractivity (Wildman–Crippen MR) is 99.3 cm³/mol. The van der Waals surface area contributed by atoms with Crippen LogP contribution >= 0.6 is 11.8 Å². The van der Waals surface area contributed by atoms with Crippen LogP contribution in [-0.2, 0) is 5.75 Å². The van der Waals surface area contributed by atoms with Crippen LogP contribution in [0.1, 0.15) is 21.5 Å². The van der Waals surface area contributed by atoms with Crippen LogP contribution in [0.3, 0.4) is 0 Å². The summed E-state index contributed by atoms with van der Waals surface area (Å²) in [6.07, 6.45) is 3.59. The molecule has 0 aliphatic rings. The second kappa shape index (κ2) is 7.94. The molecule has 0 aliphatic heterocycles. The molecule has 0 atom stereocenters. The molecule has 0 aliphatic carbocycles. The van der Waals surface area contributed by atoms with Crippen LogP contribution in [0.2, 0.25) is 0 Å². The summed E-state index contributed by atoms with van der Waals surface area (Å²) in [5, 5.41) is 2.62. The average molecular weight is 352 g/mol. The maximum Gasteiger partial charge on any atom is 0.255 e. The monoisotopic (exact) mass is 352 g/mol. The Morgan fingerprint density at radius 2 is 1.96 bits per heavy atom. The zero-order valence-electron chi connectivity index (χ0n) is 13.7. The Labute approximate surface area is 150 Å². The van der Waals surface area contributed by atoms with E-state index in [0.717, 1.165) is 21.8 Å². The molecule has 0 saturated heterocycles. The van der Waals surface area contributed by atoms with Crippen molar-refractivity contribution in [3.63, 3.8) is 0 Å². The number of carbonyl (C=O) groups is 1. The average Bonchev–Trinajstić information content (AvgIpc) is 2.64. The highest BCUT2D eigenvalue weighted by atomic mass is 32.2. The van der Waals surface area contributed by atoms with E-state index in [1.54, 1.807) is 42.2 Å². The van der Waals surface area contributed by atoms with Gasteiger partial charge in [0.05, 0.1) is 5.69 Å². The number of rotatable bonds is 5. The topological polar surface area (TPSA) is 42.0 Å². The number of halogens is 1. The molecule has 0 radical (unpaired) electrons. The Morgan fingerprint density at radius 3 is 2.68 bits per heavy atom. The standard InChI is InChI=1S/C20H17FN2OS/c1-14-4-9-18(21)19(11-14)23-20(24)16-5-7-17(8-6-16)25-13-15-3-2-10-22-12-15/h2-12H,13H2,1H3,(H,23,24). The number of nitrogens with zero attached hydrogens (tertiary/aromatic N) is 1. The summed E-state index contributed by atoms with van der Waals surface area (Å²) in [7, 11) is 0. The fourth-order valence-electron chi connectivity index (χ4n) is 2.28. The number of amides is 1. The van der Waals surface area contributed by atoms with Gasteiger partial charge in [0.15, 0.2) is 0 Å². The Balaban J connectivity index is 1.63. The first-order valence-corrected chi connectivity index (χ1v) is 8.79. The fourth-order valence-corrected chi connectivity index (χ4v) is 3.11. The molecule has 2 aromatic carbocycles. The largest absolute Gasteiger partial charge is 0.319 e. The van der Waals surface area contributed by atoms with E-state index in [9.17, 15) is 9.18 Å². The van der Waals surface area contributed by atoms with Crippen LogP contribution < -0.4 is 5.32 Å². The van der Waals surface area contributed by atoms with Gasteiger partial charge >= 0.3 is 0 Å². The van der Waals surface area contributed by atoms with Crippen molar-refractivity contribution in [3.8, 4) is 0 Å². The third-order valence-electron chi connectivity index (χ3n) is 3.61. The number of nitrogens with one attached hydrogen (secondary N) is 1. The zero-order valence-corrected chi connectivity index (χ0v) is 14.5. The Morgan fingerprint density at radius 1 is 1.16 bits per heavy atom. The SMILES string of the molecule is Cc1ccc(F)c(NC(=O)c2ccc(SCc3cccnc3)cc2)c1. The van der Waals surface area contributed by atoms with Crippen molar-refractivity contribution in [3.05, 3.63) is 89.5 Å². The summed E-state index contributed by atoms with van der Waals surface area (Å²) in [5.74, 6) is 0.0457. The van der Waals surface area contributed by atoms with Crippen molar-refractivity contribution < 1.29 is 9.18 Å². The molecular formula is C20H17FN2OS. The van der Waals surface area contributed by atoms with Crippen LogP contribution in [0.25, 0.3) is 0 Å². The highest BCUT2D eigenvalue weighted by Crippen LogP contribution is 2.23. The number of anilines is 1. The third-order valence-corrected chi connectivity index (χ3v) is 4.70. The summed E-state index contributed by atoms with van der Waals surface area (Å²) in [6, 6.07) is 15.8. The van der Waals surface area contributed by atoms with E-state index in [1.807, 2.05) is 37.4 Å². The molecular weight excluding hydrogens is 335 g/mol. The lowest BCUT2D eigenvalue weighted by molar-refractivity contribution is 0.102. The minimum atomic E-state index is -0.442. The summed E-state index contributed by atoms with van der Waals surface area (Å²) < 4.78 is 13.7. The van der Waals surface area contributed by atoms with E-state index in [4.69, 9.17) is 0 Å². The van der Waals surface area contributed by atoms with Gasteiger partial charge in [0.2, 0.25) is 0 Å². The van der Waals surface area contributed by atoms with Crippen LogP contribution in [0.4, 0.5) is 10.1 Å². The zero-order chi connectivity index (χ0) is 17.6. The van der Waals surface area contributed by atoms with Gasteiger partial charge in [0.1, 0.15) is 5.82 Å². The van der Waals surface area contributed by atoms with Crippen molar-refractivity contribution in [2.45, 2.75) is 17.6 Å². The minimum Gasteiger partial charge on any atom is -0.319 e. The molecule has 126 valence electrons. The molecule has 0 fully saturated rings. The van der Waals surface area contributed by atoms with E-state index in [2.05, 4.69) is 10.3 Å². The lowest BCUT2D eigenvalue weighted by atomic mass is 10.2. The van der Waals surface area contributed by atoms with E-state index >= 15 is 0 Å². The number of thioether (sulfide) groups is 1. The molecule has 0 saturated carbocycles. The summed E-state index contributed by atoms with van der Waals surface area (Å²) in [5.41, 5.74) is 2.72. The molecule has 1 N–H and O–H groups in total. The molecule has 1 heterocycles. The van der Waals surface area contributed by atoms with Crippen molar-refractivity contribution in [1.82, 2.24) is 4.98 Å². The molecule has 1 aromatic heterocycles. The lowest BCUT2D eigenvalue weighted by Gasteiger charge is -2.08. The minimum absolute atomic E-state index is 0.194. The van der Waals surface area contributed by atoms with Gasteiger partial charge in [0.25, 0.3) is 5.91 Å². The second-order valence-corrected chi connectivity index (χ2v) is 6.66. The fraction of sp³-hybridized carbons (Fsp3) is 0.100. The lowest BCUT2D eigenvalue weighted by Crippen LogP contribution is -2.13. The molecule has 0 bridgehead atoms. The molecule has 0 spiro atoms. The molecule has 3 nitrogen and oxygen atoms in total. The van der Waals surface area contributed by atoms with E-state index in [-0.39, 0.29) is 11.6 Å². The van der Waals surface area contributed by atoms with Crippen LogP contribution in [0.15, 0.2) is 71.9 Å². The molecule has 5 heteroatoms. The first-order chi connectivity index (χ1) is 12.1. The number of aromatic nitrogens is 1. The molecule has 3 rings (SSSR count). The number of aryl methyl sites for hydroxylation is 1. The number of hydrogen-bond donors (Lipinski definition) is 1. The van der Waals surface area contributed by atoms with Crippen molar-refractivity contribution in [2.75, 3.05) is 5.32 Å². The van der Waals surface area contributed by atoms with Gasteiger partial charge < -0.3 is 5.32 Å². The maximum atomic E-state index is 13.7. The molecule has 1 amide bonds. The van der Waals surface area contributed by atoms with E-state index in [1.165, 1.54) is 6.07 Å². The van der Waals surface area contributed by atoms with Crippen molar-refractivity contribution >= 4 is 23.4 Å². The number of carbonyl (C=O) groups excluding carboxylic acids is 1. The van der Waals surface area contributed by atoms with Crippen molar-refractivity contribution in [1.29, 1.82) is 0 Å². The van der Waals surface area contributed by atoms with Gasteiger partial charge in [-0.1, -0.05) is 12.1 Å². The van der Waals surface area contributed by atoms with Gasteiger partial charge in [0, 0.05) is 28.6 Å². The first kappa shape index (κ1) is 17.2. The van der Waals surface area contributed by atoms with E-state index in [0.29, 0.717) is 5.56 Å². The molecule has 0 unspecified atom stereocenters. The van der Waals surface area contributed by atoms with Crippen molar-refractivity contribution in [2.24, 2.45) is 0 Å². The summed E-state index contributed by atoms with van der Waals surface area (Å²) >= 11 is 1.67. The highest BCUT2D eigenvalue weighted by Gasteiger charge is 2.09. The van der Waals surface area contributed by atoms with Crippen LogP contribution in [0, 0.1) is 12.7 Å².